The lowest BCUT2D eigenvalue weighted by Gasteiger charge is -2.26. The Bertz CT molecular complexity index is 757. The number of carbonyl (C=O) groups excluding carboxylic acids is 1. The number of halogens is 2. The van der Waals surface area contributed by atoms with Crippen molar-refractivity contribution in [2.24, 2.45) is 5.92 Å². The molecule has 1 saturated heterocycles. The molecule has 8 heteroatoms. The van der Waals surface area contributed by atoms with E-state index in [9.17, 15) is 13.6 Å². The average Bonchev–Trinajstić information content (AvgIpc) is 2.97. The molecular formula is C17H21F2N3O3. The molecule has 1 aromatic carbocycles. The third-order valence-electron chi connectivity index (χ3n) is 4.21. The molecule has 6 nitrogen and oxygen atoms in total. The van der Waals surface area contributed by atoms with E-state index in [2.05, 4.69) is 10.3 Å². The van der Waals surface area contributed by atoms with Gasteiger partial charge >= 0.3 is 0 Å². The first kappa shape index (κ1) is 17.8. The maximum atomic E-state index is 13.6. The monoisotopic (exact) mass is 353 g/mol. The van der Waals surface area contributed by atoms with Gasteiger partial charge in [-0.05, 0) is 5.92 Å². The normalized spacial score (nSPS) is 19.3. The van der Waals surface area contributed by atoms with Crippen LogP contribution in [0.3, 0.4) is 0 Å². The molecule has 2 heterocycles. The fourth-order valence-electron chi connectivity index (χ4n) is 2.97. The fourth-order valence-corrected chi connectivity index (χ4v) is 2.97. The lowest BCUT2D eigenvalue weighted by atomic mass is 10.0. The summed E-state index contributed by atoms with van der Waals surface area (Å²) in [5.74, 6) is -2.23. The Kier molecular flexibility index (Phi) is 5.29. The van der Waals surface area contributed by atoms with Gasteiger partial charge in [-0.1, -0.05) is 13.8 Å². The summed E-state index contributed by atoms with van der Waals surface area (Å²) < 4.78 is 39.4. The zero-order valence-electron chi connectivity index (χ0n) is 14.2. The van der Waals surface area contributed by atoms with Crippen LogP contribution in [-0.2, 0) is 14.3 Å². The van der Waals surface area contributed by atoms with E-state index in [-0.39, 0.29) is 17.9 Å². The molecule has 1 N–H and O–H groups in total. The van der Waals surface area contributed by atoms with Crippen molar-refractivity contribution >= 4 is 16.9 Å². The summed E-state index contributed by atoms with van der Waals surface area (Å²) in [6.45, 7) is 5.60. The summed E-state index contributed by atoms with van der Waals surface area (Å²) in [5.41, 5.74) is 0.686. The molecule has 0 radical (unpaired) electrons. The number of hydrogen-bond donors (Lipinski definition) is 1. The molecule has 1 amide bonds. The average molecular weight is 353 g/mol. The molecule has 3 rings (SSSR count). The van der Waals surface area contributed by atoms with Gasteiger partial charge in [0.2, 0.25) is 5.91 Å². The number of fused-ring (bicyclic) bond motifs is 1. The quantitative estimate of drug-likeness (QED) is 0.893. The largest absolute Gasteiger partial charge is 0.376 e. The summed E-state index contributed by atoms with van der Waals surface area (Å²) in [6, 6.07) is 1.50. The van der Waals surface area contributed by atoms with Crippen LogP contribution in [0, 0.1) is 17.6 Å². The molecule has 136 valence electrons. The van der Waals surface area contributed by atoms with E-state index >= 15 is 0 Å². The second-order valence-electron chi connectivity index (χ2n) is 6.41. The maximum Gasteiger partial charge on any atom is 0.243 e. The molecule has 0 unspecified atom stereocenters. The van der Waals surface area contributed by atoms with Crippen LogP contribution in [0.15, 0.2) is 18.5 Å². The maximum absolute atomic E-state index is 13.6. The Morgan fingerprint density at radius 3 is 2.80 bits per heavy atom. The molecule has 1 aliphatic rings. The smallest absolute Gasteiger partial charge is 0.243 e. The van der Waals surface area contributed by atoms with Crippen LogP contribution in [0.2, 0.25) is 0 Å². The van der Waals surface area contributed by atoms with Crippen molar-refractivity contribution in [2.75, 3.05) is 26.4 Å². The van der Waals surface area contributed by atoms with Crippen molar-refractivity contribution in [2.45, 2.75) is 26.0 Å². The first-order valence-electron chi connectivity index (χ1n) is 8.26. The van der Waals surface area contributed by atoms with Crippen molar-refractivity contribution in [3.05, 3.63) is 30.1 Å². The Labute approximate surface area is 144 Å². The molecule has 0 bridgehead atoms. The minimum atomic E-state index is -0.968. The first-order chi connectivity index (χ1) is 12.0. The van der Waals surface area contributed by atoms with Crippen molar-refractivity contribution in [1.29, 1.82) is 0 Å². The minimum absolute atomic E-state index is 0.0750. The number of nitrogens with zero attached hydrogens (tertiary/aromatic N) is 2. The summed E-state index contributed by atoms with van der Waals surface area (Å²) >= 11 is 0. The minimum Gasteiger partial charge on any atom is -0.376 e. The summed E-state index contributed by atoms with van der Waals surface area (Å²) in [4.78, 5) is 16.8. The highest BCUT2D eigenvalue weighted by Crippen LogP contribution is 2.25. The van der Waals surface area contributed by atoms with Crippen LogP contribution in [0.25, 0.3) is 11.0 Å². The number of ether oxygens (including phenoxy) is 2. The predicted octanol–water partition coefficient (Wildman–Crippen LogP) is 2.04. The van der Waals surface area contributed by atoms with Gasteiger partial charge in [-0.25, -0.2) is 13.8 Å². The lowest BCUT2D eigenvalue weighted by Crippen LogP contribution is -2.43. The van der Waals surface area contributed by atoms with E-state index in [0.717, 1.165) is 12.1 Å². The Morgan fingerprint density at radius 2 is 2.12 bits per heavy atom. The van der Waals surface area contributed by atoms with E-state index in [1.807, 2.05) is 13.8 Å². The van der Waals surface area contributed by atoms with Gasteiger partial charge in [-0.15, -0.1) is 0 Å². The third-order valence-corrected chi connectivity index (χ3v) is 4.21. The van der Waals surface area contributed by atoms with Gasteiger partial charge in [0.25, 0.3) is 0 Å². The molecule has 0 saturated carbocycles. The number of imidazole rings is 1. The fraction of sp³-hybridized carbons (Fsp3) is 0.529. The number of amides is 1. The second kappa shape index (κ2) is 7.45. The van der Waals surface area contributed by atoms with Gasteiger partial charge in [0.15, 0.2) is 11.6 Å². The molecule has 1 aromatic heterocycles. The van der Waals surface area contributed by atoms with Crippen molar-refractivity contribution in [1.82, 2.24) is 14.9 Å². The predicted molar refractivity (Wildman–Crippen MR) is 87.1 cm³/mol. The Balaban J connectivity index is 1.80. The summed E-state index contributed by atoms with van der Waals surface area (Å²) in [7, 11) is 0. The molecule has 0 spiro atoms. The van der Waals surface area contributed by atoms with Crippen LogP contribution in [0.4, 0.5) is 8.78 Å². The molecule has 1 aliphatic heterocycles. The van der Waals surface area contributed by atoms with Gasteiger partial charge in [0.1, 0.15) is 6.04 Å². The second-order valence-corrected chi connectivity index (χ2v) is 6.41. The van der Waals surface area contributed by atoms with E-state index < -0.39 is 17.7 Å². The van der Waals surface area contributed by atoms with Crippen LogP contribution in [0.5, 0.6) is 0 Å². The van der Waals surface area contributed by atoms with Crippen LogP contribution < -0.4 is 5.32 Å². The highest BCUT2D eigenvalue weighted by Gasteiger charge is 2.27. The van der Waals surface area contributed by atoms with Crippen molar-refractivity contribution < 1.29 is 23.0 Å². The zero-order valence-corrected chi connectivity index (χ0v) is 14.2. The number of aromatic nitrogens is 2. The van der Waals surface area contributed by atoms with E-state index in [1.165, 1.54) is 6.33 Å². The molecule has 1 fully saturated rings. The van der Waals surface area contributed by atoms with Gasteiger partial charge in [-0.2, -0.15) is 0 Å². The number of nitrogens with one attached hydrogen (secondary N) is 1. The number of hydrogen-bond acceptors (Lipinski definition) is 4. The van der Waals surface area contributed by atoms with Gasteiger partial charge < -0.3 is 19.4 Å². The SMILES string of the molecule is CC(C)[C@H](C(=O)NC[C@H]1COCCO1)n1cnc2cc(F)c(F)cc21. The highest BCUT2D eigenvalue weighted by molar-refractivity contribution is 5.84. The standard InChI is InChI=1S/C17H21F2N3O3/c1-10(2)16(17(23)20-7-11-8-24-3-4-25-11)22-9-21-14-5-12(18)13(19)6-15(14)22/h5-6,9-11,16H,3-4,7-8H2,1-2H3,(H,20,23)/t11-,16+/m0/s1. The van der Waals surface area contributed by atoms with Crippen molar-refractivity contribution in [3.63, 3.8) is 0 Å². The first-order valence-corrected chi connectivity index (χ1v) is 8.26. The number of rotatable bonds is 5. The third kappa shape index (κ3) is 3.80. The molecule has 2 aromatic rings. The topological polar surface area (TPSA) is 65.4 Å². The van der Waals surface area contributed by atoms with E-state index in [1.54, 1.807) is 4.57 Å². The van der Waals surface area contributed by atoms with Crippen LogP contribution >= 0.6 is 0 Å². The van der Waals surface area contributed by atoms with E-state index in [0.29, 0.717) is 37.4 Å². The Hall–Kier alpha value is -2.06. The van der Waals surface area contributed by atoms with Crippen LogP contribution in [-0.4, -0.2) is 47.9 Å². The molecular weight excluding hydrogens is 332 g/mol. The van der Waals surface area contributed by atoms with E-state index in [4.69, 9.17) is 9.47 Å². The van der Waals surface area contributed by atoms with Gasteiger partial charge in [-0.3, -0.25) is 4.79 Å². The molecule has 0 aliphatic carbocycles. The molecule has 25 heavy (non-hydrogen) atoms. The number of benzene rings is 1. The van der Waals surface area contributed by atoms with Crippen LogP contribution in [0.1, 0.15) is 19.9 Å². The zero-order chi connectivity index (χ0) is 18.0. The summed E-state index contributed by atoms with van der Waals surface area (Å²) in [6.07, 6.45) is 1.25. The summed E-state index contributed by atoms with van der Waals surface area (Å²) in [5, 5.41) is 2.85. The highest BCUT2D eigenvalue weighted by atomic mass is 19.2. The lowest BCUT2D eigenvalue weighted by molar-refractivity contribution is -0.128. The number of carbonyl (C=O) groups is 1. The van der Waals surface area contributed by atoms with Gasteiger partial charge in [0.05, 0.1) is 43.3 Å². The van der Waals surface area contributed by atoms with Crippen molar-refractivity contribution in [3.8, 4) is 0 Å². The van der Waals surface area contributed by atoms with Gasteiger partial charge in [0, 0.05) is 18.7 Å². The molecule has 2 atom stereocenters. The Morgan fingerprint density at radius 1 is 1.36 bits per heavy atom.